The van der Waals surface area contributed by atoms with E-state index in [4.69, 9.17) is 4.12 Å². The normalized spacial score (nSPS) is 19.1. The maximum absolute atomic E-state index is 12.1. The zero-order valence-electron chi connectivity index (χ0n) is 9.53. The minimum Gasteiger partial charge on any atom is -0.460 e. The predicted molar refractivity (Wildman–Crippen MR) is 62.2 cm³/mol. The maximum atomic E-state index is 12.1. The fourth-order valence-corrected chi connectivity index (χ4v) is 7.40. The molecule has 0 spiro atoms. The lowest BCUT2D eigenvalue weighted by atomic mass is 10.5. The predicted octanol–water partition coefficient (Wildman–Crippen LogP) is 3.24. The molecule has 0 aromatic rings. The molecule has 15 heavy (non-hydrogen) atoms. The Balaban J connectivity index is 4.44. The summed E-state index contributed by atoms with van der Waals surface area (Å²) in [6, 6.07) is 0.143. The highest BCUT2D eigenvalue weighted by molar-refractivity contribution is 6.77. The first-order valence-corrected chi connectivity index (χ1v) is 9.77. The highest BCUT2D eigenvalue weighted by atomic mass is 28.4. The highest BCUT2D eigenvalue weighted by Gasteiger charge is 2.38. The summed E-state index contributed by atoms with van der Waals surface area (Å²) in [7, 11) is -2.90. The first-order valence-electron chi connectivity index (χ1n) is 5.08. The average Bonchev–Trinajstić information content (AvgIpc) is 2.13. The van der Waals surface area contributed by atoms with Crippen LogP contribution in [-0.4, -0.2) is 24.3 Å². The summed E-state index contributed by atoms with van der Waals surface area (Å²) < 4.78 is 42.1. The van der Waals surface area contributed by atoms with Crippen LogP contribution < -0.4 is 0 Å². The minimum atomic E-state index is -4.08. The van der Waals surface area contributed by atoms with Crippen LogP contribution in [0.4, 0.5) is 13.2 Å². The summed E-state index contributed by atoms with van der Waals surface area (Å²) in [5.41, 5.74) is 0.0762. The molecule has 2 atom stereocenters. The van der Waals surface area contributed by atoms with Crippen molar-refractivity contribution in [3.8, 4) is 0 Å². The van der Waals surface area contributed by atoms with Crippen LogP contribution in [0.5, 0.6) is 0 Å². The van der Waals surface area contributed by atoms with Crippen LogP contribution >= 0.6 is 0 Å². The van der Waals surface area contributed by atoms with Crippen LogP contribution in [0.2, 0.25) is 24.7 Å². The van der Waals surface area contributed by atoms with Crippen molar-refractivity contribution in [3.63, 3.8) is 0 Å². The number of allylic oxidation sites excluding steroid dienone is 1. The molecule has 0 aromatic carbocycles. The number of rotatable bonds is 6. The van der Waals surface area contributed by atoms with Crippen LogP contribution in [0.1, 0.15) is 13.3 Å². The third kappa shape index (κ3) is 5.53. The van der Waals surface area contributed by atoms with E-state index in [1.165, 1.54) is 0 Å². The van der Waals surface area contributed by atoms with Crippen molar-refractivity contribution in [1.82, 2.24) is 0 Å². The number of hydrogen-bond acceptors (Lipinski definition) is 1. The summed E-state index contributed by atoms with van der Waals surface area (Å²) in [4.78, 5) is 0. The summed E-state index contributed by atoms with van der Waals surface area (Å²) in [5, 5.41) is 0. The van der Waals surface area contributed by atoms with Crippen molar-refractivity contribution in [1.29, 1.82) is 0 Å². The summed E-state index contributed by atoms with van der Waals surface area (Å²) in [6.45, 7) is 9.37. The number of hydrogen-bond donors (Lipinski definition) is 0. The van der Waals surface area contributed by atoms with Gasteiger partial charge in [0.2, 0.25) is 0 Å². The molecule has 0 bridgehead atoms. The van der Waals surface area contributed by atoms with Crippen molar-refractivity contribution < 1.29 is 17.3 Å². The van der Waals surface area contributed by atoms with E-state index in [9.17, 15) is 13.2 Å². The summed E-state index contributed by atoms with van der Waals surface area (Å²) in [6.07, 6.45) is -3.09. The van der Waals surface area contributed by atoms with Crippen molar-refractivity contribution in [2.75, 3.05) is 0 Å². The topological polar surface area (TPSA) is 9.23 Å². The van der Waals surface area contributed by atoms with E-state index >= 15 is 0 Å². The van der Waals surface area contributed by atoms with Crippen molar-refractivity contribution >= 4 is 18.1 Å². The second-order valence-corrected chi connectivity index (χ2v) is 9.65. The van der Waals surface area contributed by atoms with Crippen LogP contribution in [0.15, 0.2) is 12.7 Å². The Morgan fingerprint density at radius 2 is 2.07 bits per heavy atom. The van der Waals surface area contributed by atoms with Gasteiger partial charge >= 0.3 is 6.18 Å². The lowest BCUT2D eigenvalue weighted by Crippen LogP contribution is -2.40. The third-order valence-electron chi connectivity index (χ3n) is 2.70. The van der Waals surface area contributed by atoms with E-state index in [-0.39, 0.29) is 11.6 Å². The van der Waals surface area contributed by atoms with E-state index in [0.29, 0.717) is 0 Å². The van der Waals surface area contributed by atoms with Crippen LogP contribution in [-0.2, 0) is 4.12 Å². The molecule has 0 heterocycles. The maximum Gasteiger partial charge on any atom is 0.388 e. The van der Waals surface area contributed by atoms with Gasteiger partial charge in [-0.1, -0.05) is 19.5 Å². The first kappa shape index (κ1) is 14.9. The Kier molecular flexibility index (Phi) is 5.83. The molecule has 0 N–H and O–H groups in total. The molecule has 0 amide bonds. The van der Waals surface area contributed by atoms with Crippen LogP contribution in [0.3, 0.4) is 0 Å². The fourth-order valence-electron chi connectivity index (χ4n) is 1.40. The summed E-state index contributed by atoms with van der Waals surface area (Å²) in [5.74, 6) is 0. The van der Waals surface area contributed by atoms with Gasteiger partial charge in [0.05, 0.1) is 0 Å². The highest BCUT2D eigenvalue weighted by Crippen LogP contribution is 2.33. The van der Waals surface area contributed by atoms with Gasteiger partial charge < -0.3 is 4.12 Å². The second kappa shape index (κ2) is 5.86. The minimum absolute atomic E-state index is 0.0762. The van der Waals surface area contributed by atoms with Gasteiger partial charge in [0.1, 0.15) is 9.76 Å². The molecule has 0 radical (unpaired) electrons. The zero-order chi connectivity index (χ0) is 12.1. The smallest absolute Gasteiger partial charge is 0.388 e. The molecular formula is C9H19F3OSi2. The Bertz CT molecular complexity index is 208. The molecule has 0 fully saturated rings. The van der Waals surface area contributed by atoms with Gasteiger partial charge in [-0.05, 0) is 18.1 Å². The largest absolute Gasteiger partial charge is 0.460 e. The van der Waals surface area contributed by atoms with Gasteiger partial charge in [-0.2, -0.15) is 13.2 Å². The van der Waals surface area contributed by atoms with E-state index < -0.39 is 30.7 Å². The second-order valence-electron chi connectivity index (χ2n) is 3.89. The molecule has 2 unspecified atom stereocenters. The number of halogens is 3. The molecule has 90 valence electrons. The molecule has 0 aliphatic rings. The molecular weight excluding hydrogens is 237 g/mol. The standard InChI is InChI=1S/C9H19F3OSi2/c1-5-8(2)15(4,13-14-3)7-6-9(10,11)12/h5,8H,1,6-7,14H2,2-4H3. The monoisotopic (exact) mass is 256 g/mol. The van der Waals surface area contributed by atoms with Crippen LogP contribution in [0.25, 0.3) is 0 Å². The zero-order valence-corrected chi connectivity index (χ0v) is 11.9. The average molecular weight is 256 g/mol. The third-order valence-corrected chi connectivity index (χ3v) is 9.89. The van der Waals surface area contributed by atoms with Crippen molar-refractivity contribution in [3.05, 3.63) is 12.7 Å². The van der Waals surface area contributed by atoms with Gasteiger partial charge in [0, 0.05) is 6.42 Å². The van der Waals surface area contributed by atoms with E-state index in [0.717, 1.165) is 0 Å². The SMILES string of the molecule is C=CC(C)[Si](C)(CCC(F)(F)F)O[SiH2]C. The molecule has 0 aliphatic carbocycles. The first-order chi connectivity index (χ1) is 6.75. The summed E-state index contributed by atoms with van der Waals surface area (Å²) >= 11 is 0. The Labute approximate surface area is 92.8 Å². The van der Waals surface area contributed by atoms with E-state index in [1.807, 2.05) is 20.0 Å². The quantitative estimate of drug-likeness (QED) is 0.524. The molecule has 0 rings (SSSR count). The Hall–Kier alpha value is -0.0762. The lowest BCUT2D eigenvalue weighted by Gasteiger charge is -2.32. The molecule has 0 saturated carbocycles. The van der Waals surface area contributed by atoms with E-state index in [1.54, 1.807) is 6.08 Å². The van der Waals surface area contributed by atoms with Gasteiger partial charge in [-0.25, -0.2) is 0 Å². The molecule has 0 saturated heterocycles. The molecule has 6 heteroatoms. The Morgan fingerprint density at radius 3 is 2.40 bits per heavy atom. The van der Waals surface area contributed by atoms with Crippen molar-refractivity contribution in [2.24, 2.45) is 0 Å². The fraction of sp³-hybridized carbons (Fsp3) is 0.778. The lowest BCUT2D eigenvalue weighted by molar-refractivity contribution is -0.131. The van der Waals surface area contributed by atoms with Gasteiger partial charge in [0.15, 0.2) is 8.32 Å². The van der Waals surface area contributed by atoms with Crippen molar-refractivity contribution in [2.45, 2.75) is 44.2 Å². The van der Waals surface area contributed by atoms with Gasteiger partial charge in [-0.3, -0.25) is 0 Å². The molecule has 0 aliphatic heterocycles. The van der Waals surface area contributed by atoms with E-state index in [2.05, 4.69) is 6.58 Å². The Morgan fingerprint density at radius 1 is 1.53 bits per heavy atom. The molecule has 1 nitrogen and oxygen atoms in total. The van der Waals surface area contributed by atoms with Crippen LogP contribution in [0, 0.1) is 0 Å². The number of alkyl halides is 3. The molecule has 0 aromatic heterocycles. The van der Waals surface area contributed by atoms with Gasteiger partial charge in [-0.15, -0.1) is 6.58 Å². The van der Waals surface area contributed by atoms with Gasteiger partial charge in [0.25, 0.3) is 0 Å².